The first-order valence-electron chi connectivity index (χ1n) is 4.31. The quantitative estimate of drug-likeness (QED) is 0.526. The Hall–Kier alpha value is -0.940. The smallest absolute Gasteiger partial charge is 0.152 e. The number of aliphatic hydroxyl groups excluding tert-OH is 1. The standard InChI is InChI=1S/C10H14O4/c11-7-13-9-14-8-12-6-10-4-2-1-3-5-10/h1-5,11H,6-9H2. The van der Waals surface area contributed by atoms with E-state index < -0.39 is 0 Å². The largest absolute Gasteiger partial charge is 0.371 e. The van der Waals surface area contributed by atoms with Gasteiger partial charge in [0.15, 0.2) is 6.79 Å². The third-order valence-electron chi connectivity index (χ3n) is 1.54. The molecule has 0 unspecified atom stereocenters. The molecule has 0 heterocycles. The van der Waals surface area contributed by atoms with E-state index in [9.17, 15) is 0 Å². The Balaban J connectivity index is 1.99. The highest BCUT2D eigenvalue weighted by Crippen LogP contribution is 1.99. The average Bonchev–Trinajstić information content (AvgIpc) is 2.25. The first-order valence-corrected chi connectivity index (χ1v) is 4.31. The van der Waals surface area contributed by atoms with Gasteiger partial charge in [-0.1, -0.05) is 30.3 Å². The van der Waals surface area contributed by atoms with Gasteiger partial charge in [0, 0.05) is 0 Å². The minimum Gasteiger partial charge on any atom is -0.371 e. The molecule has 1 aromatic carbocycles. The Kier molecular flexibility index (Phi) is 5.94. The van der Waals surface area contributed by atoms with Gasteiger partial charge in [0.25, 0.3) is 0 Å². The molecule has 4 heteroatoms. The van der Waals surface area contributed by atoms with Gasteiger partial charge in [-0.25, -0.2) is 0 Å². The van der Waals surface area contributed by atoms with Crippen LogP contribution in [0.4, 0.5) is 0 Å². The summed E-state index contributed by atoms with van der Waals surface area (Å²) >= 11 is 0. The molecule has 0 amide bonds. The predicted octanol–water partition coefficient (Wildman–Crippen LogP) is 1.10. The van der Waals surface area contributed by atoms with Crippen molar-refractivity contribution in [3.05, 3.63) is 35.9 Å². The van der Waals surface area contributed by atoms with E-state index in [2.05, 4.69) is 4.74 Å². The summed E-state index contributed by atoms with van der Waals surface area (Å²) in [5.74, 6) is 0. The molecule has 1 N–H and O–H groups in total. The second-order valence-electron chi connectivity index (χ2n) is 2.61. The monoisotopic (exact) mass is 198 g/mol. The molecule has 78 valence electrons. The van der Waals surface area contributed by atoms with E-state index >= 15 is 0 Å². The van der Waals surface area contributed by atoms with E-state index in [0.717, 1.165) is 5.56 Å². The van der Waals surface area contributed by atoms with Crippen molar-refractivity contribution in [2.24, 2.45) is 0 Å². The lowest BCUT2D eigenvalue weighted by Crippen LogP contribution is -2.05. The number of hydrogen-bond acceptors (Lipinski definition) is 4. The van der Waals surface area contributed by atoms with Crippen LogP contribution in [0.3, 0.4) is 0 Å². The molecule has 0 aromatic heterocycles. The number of aliphatic hydroxyl groups is 1. The zero-order valence-corrected chi connectivity index (χ0v) is 7.89. The molecular formula is C10H14O4. The zero-order chi connectivity index (χ0) is 10.1. The molecule has 0 saturated heterocycles. The summed E-state index contributed by atoms with van der Waals surface area (Å²) in [5, 5.41) is 8.26. The fourth-order valence-corrected chi connectivity index (χ4v) is 0.923. The van der Waals surface area contributed by atoms with Crippen molar-refractivity contribution in [1.82, 2.24) is 0 Å². The van der Waals surface area contributed by atoms with E-state index in [1.165, 1.54) is 0 Å². The summed E-state index contributed by atoms with van der Waals surface area (Å²) in [6.45, 7) is 0.388. The van der Waals surface area contributed by atoms with Gasteiger partial charge in [-0.15, -0.1) is 0 Å². The van der Waals surface area contributed by atoms with Crippen molar-refractivity contribution in [3.8, 4) is 0 Å². The van der Waals surface area contributed by atoms with Gasteiger partial charge in [-0.2, -0.15) is 0 Å². The van der Waals surface area contributed by atoms with Gasteiger partial charge in [0.2, 0.25) is 0 Å². The maximum atomic E-state index is 8.26. The molecule has 0 saturated carbocycles. The van der Waals surface area contributed by atoms with Gasteiger partial charge >= 0.3 is 0 Å². The number of rotatable bonds is 7. The van der Waals surface area contributed by atoms with Crippen molar-refractivity contribution < 1.29 is 19.3 Å². The van der Waals surface area contributed by atoms with Crippen molar-refractivity contribution in [3.63, 3.8) is 0 Å². The lowest BCUT2D eigenvalue weighted by atomic mass is 10.2. The normalized spacial score (nSPS) is 10.4. The highest BCUT2D eigenvalue weighted by Gasteiger charge is 1.91. The predicted molar refractivity (Wildman–Crippen MR) is 50.2 cm³/mol. The highest BCUT2D eigenvalue weighted by atomic mass is 16.8. The Morgan fingerprint density at radius 2 is 1.64 bits per heavy atom. The molecule has 0 atom stereocenters. The minimum absolute atomic E-state index is 0.0469. The van der Waals surface area contributed by atoms with Crippen LogP contribution in [0.25, 0.3) is 0 Å². The van der Waals surface area contributed by atoms with Crippen molar-refractivity contribution in [2.75, 3.05) is 20.4 Å². The van der Waals surface area contributed by atoms with Crippen LogP contribution >= 0.6 is 0 Å². The number of ether oxygens (including phenoxy) is 3. The molecule has 0 fully saturated rings. The topological polar surface area (TPSA) is 47.9 Å². The van der Waals surface area contributed by atoms with Crippen LogP contribution < -0.4 is 0 Å². The first-order chi connectivity index (χ1) is 6.93. The molecule has 0 aliphatic heterocycles. The fraction of sp³-hybridized carbons (Fsp3) is 0.400. The fourth-order valence-electron chi connectivity index (χ4n) is 0.923. The second kappa shape index (κ2) is 7.46. The highest BCUT2D eigenvalue weighted by molar-refractivity contribution is 5.13. The van der Waals surface area contributed by atoms with E-state index in [1.54, 1.807) is 0 Å². The maximum Gasteiger partial charge on any atom is 0.152 e. The van der Waals surface area contributed by atoms with E-state index in [4.69, 9.17) is 14.6 Å². The van der Waals surface area contributed by atoms with Gasteiger partial charge in [-0.05, 0) is 5.56 Å². The molecule has 4 nitrogen and oxygen atoms in total. The first kappa shape index (κ1) is 11.1. The second-order valence-corrected chi connectivity index (χ2v) is 2.61. The minimum atomic E-state index is -0.335. The van der Waals surface area contributed by atoms with Gasteiger partial charge in [0.1, 0.15) is 13.6 Å². The summed E-state index contributed by atoms with van der Waals surface area (Å²) in [4.78, 5) is 0. The van der Waals surface area contributed by atoms with Crippen LogP contribution in [0.15, 0.2) is 30.3 Å². The Morgan fingerprint density at radius 1 is 0.929 bits per heavy atom. The lowest BCUT2D eigenvalue weighted by Gasteiger charge is -2.05. The van der Waals surface area contributed by atoms with Gasteiger partial charge in [0.05, 0.1) is 6.61 Å². The van der Waals surface area contributed by atoms with Crippen LogP contribution in [0.2, 0.25) is 0 Å². The SMILES string of the molecule is OCOCOCOCc1ccccc1. The van der Waals surface area contributed by atoms with Crippen LogP contribution in [-0.4, -0.2) is 25.5 Å². The van der Waals surface area contributed by atoms with E-state index in [1.807, 2.05) is 30.3 Å². The molecular weight excluding hydrogens is 184 g/mol. The molecule has 14 heavy (non-hydrogen) atoms. The number of hydrogen-bond donors (Lipinski definition) is 1. The molecule has 0 radical (unpaired) electrons. The average molecular weight is 198 g/mol. The van der Waals surface area contributed by atoms with Crippen LogP contribution in [-0.2, 0) is 20.8 Å². The molecule has 1 aromatic rings. The molecule has 0 spiro atoms. The maximum absolute atomic E-state index is 8.26. The number of benzene rings is 1. The Bertz CT molecular complexity index is 225. The van der Waals surface area contributed by atoms with Crippen LogP contribution in [0, 0.1) is 0 Å². The molecule has 0 aliphatic carbocycles. The zero-order valence-electron chi connectivity index (χ0n) is 7.89. The van der Waals surface area contributed by atoms with Crippen molar-refractivity contribution in [1.29, 1.82) is 0 Å². The summed E-state index contributed by atoms with van der Waals surface area (Å²) < 4.78 is 14.6. The molecule has 0 bridgehead atoms. The Morgan fingerprint density at radius 3 is 2.36 bits per heavy atom. The summed E-state index contributed by atoms with van der Waals surface area (Å²) in [6.07, 6.45) is 0. The van der Waals surface area contributed by atoms with Gasteiger partial charge in [-0.3, -0.25) is 0 Å². The van der Waals surface area contributed by atoms with Gasteiger partial charge < -0.3 is 19.3 Å². The summed E-state index contributed by atoms with van der Waals surface area (Å²) in [6, 6.07) is 9.81. The van der Waals surface area contributed by atoms with Crippen LogP contribution in [0.1, 0.15) is 5.56 Å². The van der Waals surface area contributed by atoms with E-state index in [0.29, 0.717) is 6.61 Å². The summed E-state index contributed by atoms with van der Waals surface area (Å²) in [5.41, 5.74) is 1.10. The van der Waals surface area contributed by atoms with Crippen molar-refractivity contribution in [2.45, 2.75) is 6.61 Å². The van der Waals surface area contributed by atoms with Crippen molar-refractivity contribution >= 4 is 0 Å². The molecule has 0 aliphatic rings. The van der Waals surface area contributed by atoms with Crippen LogP contribution in [0.5, 0.6) is 0 Å². The lowest BCUT2D eigenvalue weighted by molar-refractivity contribution is -0.160. The third-order valence-corrected chi connectivity index (χ3v) is 1.54. The molecule has 1 rings (SSSR count). The Labute approximate surface area is 83.0 Å². The van der Waals surface area contributed by atoms with E-state index in [-0.39, 0.29) is 20.4 Å². The summed E-state index contributed by atoms with van der Waals surface area (Å²) in [7, 11) is 0. The third kappa shape index (κ3) is 4.94.